The first-order chi connectivity index (χ1) is 16.5. The molecule has 1 amide bonds. The molecule has 2 aromatic carbocycles. The number of benzene rings is 2. The summed E-state index contributed by atoms with van der Waals surface area (Å²) in [4.78, 5) is 18.3. The number of carbonyl (C=O) groups excluding carboxylic acids is 1. The van der Waals surface area contributed by atoms with Gasteiger partial charge in [-0.2, -0.15) is 5.26 Å². The Bertz CT molecular complexity index is 1340. The van der Waals surface area contributed by atoms with Crippen molar-refractivity contribution in [2.75, 3.05) is 11.5 Å². The lowest BCUT2D eigenvalue weighted by atomic mass is 9.99. The van der Waals surface area contributed by atoms with Crippen molar-refractivity contribution in [3.05, 3.63) is 71.7 Å². The summed E-state index contributed by atoms with van der Waals surface area (Å²) in [6.07, 6.45) is 1.25. The van der Waals surface area contributed by atoms with Gasteiger partial charge in [-0.15, -0.1) is 5.10 Å². The van der Waals surface area contributed by atoms with E-state index in [0.29, 0.717) is 23.5 Å². The number of hydrogen-bond acceptors (Lipinski definition) is 7. The standard InChI is InChI=1S/C26H25N5O3/c1-3-19(11-12-32)25-29-30-26(34-25)31(17(2)33)16-18-9-10-22-23(20-7-5-4-6-8-20)14-21(15-27)28-24(22)13-18/h4-10,13-14,19,32H,3,11-12,16H2,1-2H3. The average molecular weight is 456 g/mol. The summed E-state index contributed by atoms with van der Waals surface area (Å²) in [5.41, 5.74) is 3.72. The van der Waals surface area contributed by atoms with Crippen molar-refractivity contribution >= 4 is 22.8 Å². The first kappa shape index (κ1) is 23.1. The monoisotopic (exact) mass is 455 g/mol. The first-order valence-electron chi connectivity index (χ1n) is 11.2. The third-order valence-corrected chi connectivity index (χ3v) is 5.77. The number of anilines is 1. The molecule has 0 bridgehead atoms. The predicted molar refractivity (Wildman–Crippen MR) is 128 cm³/mol. The summed E-state index contributed by atoms with van der Waals surface area (Å²) in [5.74, 6) is 0.101. The Balaban J connectivity index is 1.69. The van der Waals surface area contributed by atoms with Gasteiger partial charge < -0.3 is 9.52 Å². The molecule has 8 nitrogen and oxygen atoms in total. The molecule has 0 saturated carbocycles. The molecule has 4 aromatic rings. The number of pyridine rings is 1. The van der Waals surface area contributed by atoms with Gasteiger partial charge in [-0.3, -0.25) is 9.69 Å². The summed E-state index contributed by atoms with van der Waals surface area (Å²) in [6.45, 7) is 3.65. The average Bonchev–Trinajstić information content (AvgIpc) is 3.34. The van der Waals surface area contributed by atoms with Gasteiger partial charge in [0, 0.05) is 24.8 Å². The van der Waals surface area contributed by atoms with Crippen LogP contribution in [0.3, 0.4) is 0 Å². The molecule has 2 heterocycles. The number of aliphatic hydroxyl groups is 1. The zero-order valence-electron chi connectivity index (χ0n) is 19.1. The van der Waals surface area contributed by atoms with Crippen molar-refractivity contribution in [3.8, 4) is 17.2 Å². The van der Waals surface area contributed by atoms with E-state index in [0.717, 1.165) is 28.5 Å². The summed E-state index contributed by atoms with van der Waals surface area (Å²) >= 11 is 0. The molecule has 0 aliphatic rings. The molecule has 8 heteroatoms. The van der Waals surface area contributed by atoms with Gasteiger partial charge in [0.2, 0.25) is 11.8 Å². The molecule has 0 spiro atoms. The molecule has 0 aliphatic heterocycles. The smallest absolute Gasteiger partial charge is 0.325 e. The van der Waals surface area contributed by atoms with Crippen LogP contribution in [0, 0.1) is 11.3 Å². The fourth-order valence-corrected chi connectivity index (χ4v) is 3.94. The molecule has 0 saturated heterocycles. The van der Waals surface area contributed by atoms with Crippen LogP contribution < -0.4 is 4.90 Å². The van der Waals surface area contributed by atoms with E-state index in [-0.39, 0.29) is 31.0 Å². The fraction of sp³-hybridized carbons (Fsp3) is 0.269. The van der Waals surface area contributed by atoms with E-state index in [2.05, 4.69) is 21.3 Å². The van der Waals surface area contributed by atoms with Gasteiger partial charge in [0.1, 0.15) is 11.8 Å². The Morgan fingerprint density at radius 1 is 1.18 bits per heavy atom. The molecule has 172 valence electrons. The summed E-state index contributed by atoms with van der Waals surface area (Å²) in [6, 6.07) is 19.6. The SMILES string of the molecule is CCC(CCO)c1nnc(N(Cc2ccc3c(-c4ccccc4)cc(C#N)nc3c2)C(C)=O)o1. The molecular formula is C26H25N5O3. The van der Waals surface area contributed by atoms with E-state index in [4.69, 9.17) is 4.42 Å². The predicted octanol–water partition coefficient (Wildman–Crippen LogP) is 4.59. The molecule has 0 fully saturated rings. The second-order valence-electron chi connectivity index (χ2n) is 8.03. The van der Waals surface area contributed by atoms with E-state index in [1.54, 1.807) is 6.07 Å². The molecule has 34 heavy (non-hydrogen) atoms. The highest BCUT2D eigenvalue weighted by atomic mass is 16.4. The van der Waals surface area contributed by atoms with E-state index in [9.17, 15) is 15.2 Å². The highest BCUT2D eigenvalue weighted by Gasteiger charge is 2.23. The molecule has 0 aliphatic carbocycles. The molecule has 2 aromatic heterocycles. The lowest BCUT2D eigenvalue weighted by Gasteiger charge is -2.17. The topological polar surface area (TPSA) is 116 Å². The van der Waals surface area contributed by atoms with Gasteiger partial charge in [0.05, 0.1) is 12.1 Å². The highest BCUT2D eigenvalue weighted by Crippen LogP contribution is 2.30. The Morgan fingerprint density at radius 3 is 2.65 bits per heavy atom. The Morgan fingerprint density at radius 2 is 1.97 bits per heavy atom. The van der Waals surface area contributed by atoms with Crippen LogP contribution in [0.1, 0.15) is 49.8 Å². The van der Waals surface area contributed by atoms with Crippen LogP contribution in [0.5, 0.6) is 0 Å². The van der Waals surface area contributed by atoms with Crippen molar-refractivity contribution in [1.82, 2.24) is 15.2 Å². The maximum atomic E-state index is 12.4. The molecule has 0 radical (unpaired) electrons. The number of carbonyl (C=O) groups is 1. The Labute approximate surface area is 197 Å². The van der Waals surface area contributed by atoms with Crippen molar-refractivity contribution in [2.45, 2.75) is 39.2 Å². The van der Waals surface area contributed by atoms with Crippen LogP contribution in [-0.4, -0.2) is 32.8 Å². The summed E-state index contributed by atoms with van der Waals surface area (Å²) in [7, 11) is 0. The van der Waals surface area contributed by atoms with Crippen LogP contribution in [0.15, 0.2) is 59.0 Å². The fourth-order valence-electron chi connectivity index (χ4n) is 3.94. The third kappa shape index (κ3) is 4.80. The molecule has 1 unspecified atom stereocenters. The lowest BCUT2D eigenvalue weighted by molar-refractivity contribution is -0.116. The van der Waals surface area contributed by atoms with Crippen LogP contribution in [0.4, 0.5) is 6.01 Å². The van der Waals surface area contributed by atoms with Gasteiger partial charge in [-0.05, 0) is 41.7 Å². The normalized spacial score (nSPS) is 11.8. The second-order valence-corrected chi connectivity index (χ2v) is 8.03. The minimum atomic E-state index is -0.241. The van der Waals surface area contributed by atoms with Gasteiger partial charge in [-0.1, -0.05) is 54.5 Å². The van der Waals surface area contributed by atoms with Gasteiger partial charge in [-0.25, -0.2) is 4.98 Å². The molecular weight excluding hydrogens is 430 g/mol. The van der Waals surface area contributed by atoms with Crippen molar-refractivity contribution in [1.29, 1.82) is 5.26 Å². The molecule has 1 N–H and O–H groups in total. The largest absolute Gasteiger partial charge is 0.407 e. The van der Waals surface area contributed by atoms with Crippen LogP contribution >= 0.6 is 0 Å². The van der Waals surface area contributed by atoms with E-state index in [1.807, 2.05) is 55.5 Å². The van der Waals surface area contributed by atoms with Crippen molar-refractivity contribution < 1.29 is 14.3 Å². The maximum absolute atomic E-state index is 12.4. The van der Waals surface area contributed by atoms with E-state index >= 15 is 0 Å². The Hall–Kier alpha value is -4.09. The number of fused-ring (bicyclic) bond motifs is 1. The van der Waals surface area contributed by atoms with Crippen molar-refractivity contribution in [3.63, 3.8) is 0 Å². The third-order valence-electron chi connectivity index (χ3n) is 5.77. The zero-order chi connectivity index (χ0) is 24.1. The second kappa shape index (κ2) is 10.2. The summed E-state index contributed by atoms with van der Waals surface area (Å²) in [5, 5.41) is 27.9. The van der Waals surface area contributed by atoms with Gasteiger partial charge in [0.25, 0.3) is 0 Å². The van der Waals surface area contributed by atoms with Gasteiger partial charge >= 0.3 is 6.01 Å². The van der Waals surface area contributed by atoms with Crippen molar-refractivity contribution in [2.24, 2.45) is 0 Å². The quantitative estimate of drug-likeness (QED) is 0.413. The van der Waals surface area contributed by atoms with Crippen LogP contribution in [-0.2, 0) is 11.3 Å². The van der Waals surface area contributed by atoms with Gasteiger partial charge in [0.15, 0.2) is 0 Å². The molecule has 4 rings (SSSR count). The highest BCUT2D eigenvalue weighted by molar-refractivity contribution is 5.95. The first-order valence-corrected chi connectivity index (χ1v) is 11.2. The zero-order valence-corrected chi connectivity index (χ0v) is 19.1. The number of nitrogens with zero attached hydrogens (tertiary/aromatic N) is 5. The number of aromatic nitrogens is 3. The minimum Gasteiger partial charge on any atom is -0.407 e. The summed E-state index contributed by atoms with van der Waals surface area (Å²) < 4.78 is 5.80. The minimum absolute atomic E-state index is 0.0202. The molecule has 1 atom stereocenters. The number of aliphatic hydroxyl groups excluding tert-OH is 1. The van der Waals surface area contributed by atoms with Crippen LogP contribution in [0.2, 0.25) is 0 Å². The van der Waals surface area contributed by atoms with E-state index < -0.39 is 0 Å². The number of hydrogen-bond donors (Lipinski definition) is 1. The van der Waals surface area contributed by atoms with Crippen LogP contribution in [0.25, 0.3) is 22.0 Å². The lowest BCUT2D eigenvalue weighted by Crippen LogP contribution is -2.28. The van der Waals surface area contributed by atoms with E-state index in [1.165, 1.54) is 11.8 Å². The maximum Gasteiger partial charge on any atom is 0.325 e. The Kier molecular flexibility index (Phi) is 6.95. The number of nitriles is 1. The number of rotatable bonds is 8. The number of amides is 1.